The van der Waals surface area contributed by atoms with Crippen LogP contribution in [0, 0.1) is 6.92 Å². The summed E-state index contributed by atoms with van der Waals surface area (Å²) in [5, 5.41) is 19.8. The number of fused-ring (bicyclic) bond motifs is 1. The number of hydrogen-bond acceptors (Lipinski definition) is 2. The molecule has 3 aromatic rings. The van der Waals surface area contributed by atoms with Crippen LogP contribution in [0.1, 0.15) is 5.56 Å². The Morgan fingerprint density at radius 1 is 0.842 bits per heavy atom. The molecule has 0 spiro atoms. The topological polar surface area (TPSA) is 51.8 Å². The number of rotatable bonds is 1. The summed E-state index contributed by atoms with van der Waals surface area (Å²) in [6.07, 6.45) is 0. The number of phenols is 2. The summed E-state index contributed by atoms with van der Waals surface area (Å²) >= 11 is 0. The number of aromatic hydroxyl groups is 2. The van der Waals surface area contributed by atoms with Crippen molar-refractivity contribution >= 4 is 11.0 Å². The molecule has 0 aliphatic carbocycles. The van der Waals surface area contributed by atoms with Crippen molar-refractivity contribution < 1.29 is 14.6 Å². The van der Waals surface area contributed by atoms with Crippen molar-refractivity contribution in [3.05, 3.63) is 54.1 Å². The third-order valence-corrected chi connectivity index (χ3v) is 3.07. The van der Waals surface area contributed by atoms with Crippen LogP contribution in [-0.4, -0.2) is 10.2 Å². The van der Waals surface area contributed by atoms with E-state index in [1.165, 1.54) is 0 Å². The van der Waals surface area contributed by atoms with E-state index in [9.17, 15) is 10.2 Å². The lowest BCUT2D eigenvalue weighted by atomic mass is 10.1. The van der Waals surface area contributed by atoms with Crippen LogP contribution in [0.25, 0.3) is 22.3 Å². The summed E-state index contributed by atoms with van der Waals surface area (Å²) in [6.45, 7) is 1.97. The van der Waals surface area contributed by atoms with Crippen molar-refractivity contribution in [3.8, 4) is 22.8 Å². The van der Waals surface area contributed by atoms with Gasteiger partial charge in [-0.05, 0) is 49.4 Å². The normalized spacial score (nSPS) is 10.8. The van der Waals surface area contributed by atoms with Gasteiger partial charge in [0.25, 0.3) is 0 Å². The molecular weight excluding hydrogens is 240 g/mol. The molecule has 3 rings (SSSR count). The quantitative estimate of drug-likeness (QED) is 0.642. The fourth-order valence-electron chi connectivity index (χ4n) is 2.12. The van der Waals surface area contributed by atoms with E-state index in [2.05, 4.69) is 0 Å². The minimum Gasteiger partial charge on any atom is -0.508 e. The van der Waals surface area contributed by atoms with Crippen molar-refractivity contribution in [1.82, 2.24) is 0 Å². The van der Waals surface area contributed by atoms with Crippen LogP contribution in [0.4, 0.5) is 0 Å². The summed E-state index contributed by atoms with van der Waals surface area (Å²) in [5.41, 5.74) is 2.53. The van der Waals surface area contributed by atoms with Gasteiger partial charge in [-0.25, -0.2) is 4.42 Å². The third-order valence-electron chi connectivity index (χ3n) is 3.07. The lowest BCUT2D eigenvalue weighted by Crippen LogP contribution is -1.84. The molecule has 94 valence electrons. The Hall–Kier alpha value is -2.55. The Morgan fingerprint density at radius 2 is 1.53 bits per heavy atom. The molecule has 0 amide bonds. The van der Waals surface area contributed by atoms with Gasteiger partial charge in [0, 0.05) is 0 Å². The number of benzene rings is 2. The van der Waals surface area contributed by atoms with E-state index in [4.69, 9.17) is 4.42 Å². The zero-order valence-corrected chi connectivity index (χ0v) is 10.4. The Labute approximate surface area is 110 Å². The van der Waals surface area contributed by atoms with E-state index in [1.807, 2.05) is 19.1 Å². The van der Waals surface area contributed by atoms with Gasteiger partial charge in [0.15, 0.2) is 0 Å². The molecule has 0 atom stereocenters. The van der Waals surface area contributed by atoms with Gasteiger partial charge in [-0.15, -0.1) is 0 Å². The van der Waals surface area contributed by atoms with E-state index in [0.29, 0.717) is 5.58 Å². The summed E-state index contributed by atoms with van der Waals surface area (Å²) in [6, 6.07) is 13.9. The predicted molar refractivity (Wildman–Crippen MR) is 74.1 cm³/mol. The Balaban J connectivity index is 2.23. The van der Waals surface area contributed by atoms with Crippen LogP contribution >= 0.6 is 0 Å². The van der Waals surface area contributed by atoms with Crippen LogP contribution in [0.2, 0.25) is 0 Å². The van der Waals surface area contributed by atoms with Crippen LogP contribution in [0.5, 0.6) is 11.5 Å². The summed E-state index contributed by atoms with van der Waals surface area (Å²) in [5.74, 6) is 1.13. The molecule has 19 heavy (non-hydrogen) atoms. The van der Waals surface area contributed by atoms with Crippen LogP contribution in [0.15, 0.2) is 52.9 Å². The predicted octanol–water partition coefficient (Wildman–Crippen LogP) is 4.10. The molecule has 0 radical (unpaired) electrons. The molecule has 0 fully saturated rings. The van der Waals surface area contributed by atoms with E-state index in [-0.39, 0.29) is 11.5 Å². The molecule has 1 aromatic heterocycles. The SMILES string of the molecule is Cc1cc2ccc(O)cc2[o+]c1-c1ccc(O)cc1. The molecule has 0 unspecified atom stereocenters. The average Bonchev–Trinajstić information content (AvgIpc) is 2.40. The van der Waals surface area contributed by atoms with Gasteiger partial charge < -0.3 is 10.2 Å². The Morgan fingerprint density at radius 3 is 2.26 bits per heavy atom. The molecular formula is C16H13O3+. The second-order valence-electron chi connectivity index (χ2n) is 4.53. The summed E-state index contributed by atoms with van der Waals surface area (Å²) < 4.78 is 5.86. The highest BCUT2D eigenvalue weighted by molar-refractivity contribution is 5.81. The monoisotopic (exact) mass is 253 g/mol. The van der Waals surface area contributed by atoms with Crippen molar-refractivity contribution in [3.63, 3.8) is 0 Å². The van der Waals surface area contributed by atoms with Crippen molar-refractivity contribution in [2.45, 2.75) is 6.92 Å². The van der Waals surface area contributed by atoms with E-state index in [1.54, 1.807) is 36.4 Å². The smallest absolute Gasteiger partial charge is 0.364 e. The van der Waals surface area contributed by atoms with Gasteiger partial charge in [0.2, 0.25) is 0 Å². The van der Waals surface area contributed by atoms with Crippen molar-refractivity contribution in [1.29, 1.82) is 0 Å². The molecule has 2 aromatic carbocycles. The van der Waals surface area contributed by atoms with Gasteiger partial charge in [0.1, 0.15) is 11.5 Å². The molecule has 0 aliphatic rings. The standard InChI is InChI=1S/C16H12O3/c1-10-8-12-4-7-14(18)9-15(12)19-16(10)11-2-5-13(17)6-3-11/h2-9H,1H3,(H-,17,18)/p+1. The summed E-state index contributed by atoms with van der Waals surface area (Å²) in [7, 11) is 0. The van der Waals surface area contributed by atoms with E-state index < -0.39 is 0 Å². The average molecular weight is 253 g/mol. The number of phenolic OH excluding ortho intramolecular Hbond substituents is 2. The molecule has 3 heteroatoms. The zero-order chi connectivity index (χ0) is 13.4. The molecule has 2 N–H and O–H groups in total. The Bertz CT molecular complexity index is 746. The van der Waals surface area contributed by atoms with Crippen LogP contribution in [-0.2, 0) is 0 Å². The second kappa shape index (κ2) is 4.28. The van der Waals surface area contributed by atoms with Crippen LogP contribution in [0.3, 0.4) is 0 Å². The number of hydrogen-bond donors (Lipinski definition) is 2. The van der Waals surface area contributed by atoms with Crippen LogP contribution < -0.4 is 0 Å². The van der Waals surface area contributed by atoms with Gasteiger partial charge in [-0.2, -0.15) is 0 Å². The first-order valence-electron chi connectivity index (χ1n) is 5.99. The van der Waals surface area contributed by atoms with E-state index in [0.717, 1.165) is 22.3 Å². The highest BCUT2D eigenvalue weighted by Crippen LogP contribution is 2.30. The first kappa shape index (κ1) is 11.5. The zero-order valence-electron chi connectivity index (χ0n) is 10.4. The second-order valence-corrected chi connectivity index (χ2v) is 4.53. The number of aryl methyl sites for hydroxylation is 1. The highest BCUT2D eigenvalue weighted by Gasteiger charge is 2.19. The lowest BCUT2D eigenvalue weighted by Gasteiger charge is -1.98. The fraction of sp³-hybridized carbons (Fsp3) is 0.0625. The van der Waals surface area contributed by atoms with Gasteiger partial charge >= 0.3 is 11.3 Å². The van der Waals surface area contributed by atoms with Gasteiger partial charge in [-0.1, -0.05) is 0 Å². The molecule has 3 nitrogen and oxygen atoms in total. The van der Waals surface area contributed by atoms with Gasteiger partial charge in [0.05, 0.1) is 22.6 Å². The summed E-state index contributed by atoms with van der Waals surface area (Å²) in [4.78, 5) is 0. The Kier molecular flexibility index (Phi) is 2.60. The molecule has 0 saturated carbocycles. The van der Waals surface area contributed by atoms with Crippen molar-refractivity contribution in [2.75, 3.05) is 0 Å². The highest BCUT2D eigenvalue weighted by atomic mass is 16.3. The minimum absolute atomic E-state index is 0.178. The molecule has 0 saturated heterocycles. The maximum Gasteiger partial charge on any atom is 0.364 e. The van der Waals surface area contributed by atoms with Gasteiger partial charge in [-0.3, -0.25) is 0 Å². The first-order chi connectivity index (χ1) is 9.13. The fourth-order valence-corrected chi connectivity index (χ4v) is 2.12. The lowest BCUT2D eigenvalue weighted by molar-refractivity contribution is 0.474. The molecule has 0 aliphatic heterocycles. The minimum atomic E-state index is 0.178. The maximum atomic E-state index is 9.50. The van der Waals surface area contributed by atoms with Crippen molar-refractivity contribution in [2.24, 2.45) is 0 Å². The largest absolute Gasteiger partial charge is 0.508 e. The van der Waals surface area contributed by atoms with E-state index >= 15 is 0 Å². The maximum absolute atomic E-state index is 9.50. The molecule has 1 heterocycles. The third kappa shape index (κ3) is 2.10. The molecule has 0 bridgehead atoms. The first-order valence-corrected chi connectivity index (χ1v) is 5.99.